The van der Waals surface area contributed by atoms with Crippen LogP contribution in [0.5, 0.6) is 0 Å². The lowest BCUT2D eigenvalue weighted by Crippen LogP contribution is -2.32. The average Bonchev–Trinajstić information content (AvgIpc) is 2.47. The van der Waals surface area contributed by atoms with Gasteiger partial charge in [-0.15, -0.1) is 0 Å². The molecule has 0 fully saturated rings. The Balaban J connectivity index is 2.00. The van der Waals surface area contributed by atoms with Gasteiger partial charge in [0.2, 0.25) is 5.91 Å². The number of hydrogen-bond donors (Lipinski definition) is 0. The van der Waals surface area contributed by atoms with Crippen LogP contribution in [-0.2, 0) is 26.9 Å². The van der Waals surface area contributed by atoms with Crippen LogP contribution in [0.1, 0.15) is 11.1 Å². The van der Waals surface area contributed by atoms with Crippen LogP contribution in [0.4, 0.5) is 0 Å². The first-order chi connectivity index (χ1) is 11.6. The SMILES string of the molecule is CN(Cc1cc(Cl)cc(Cl)c1)C(=O)CS(=O)(=O)Cc1ccc(Br)cc1. The van der Waals surface area contributed by atoms with Crippen molar-refractivity contribution in [2.45, 2.75) is 12.3 Å². The summed E-state index contributed by atoms with van der Waals surface area (Å²) in [4.78, 5) is 13.6. The first-order valence-electron chi connectivity index (χ1n) is 7.28. The van der Waals surface area contributed by atoms with Gasteiger partial charge in [0.25, 0.3) is 0 Å². The fourth-order valence-electron chi connectivity index (χ4n) is 2.25. The fraction of sp³-hybridized carbons (Fsp3) is 0.235. The summed E-state index contributed by atoms with van der Waals surface area (Å²) in [7, 11) is -2.01. The number of benzene rings is 2. The Hall–Kier alpha value is -1.08. The molecule has 0 atom stereocenters. The topological polar surface area (TPSA) is 54.5 Å². The molecular weight excluding hydrogens is 449 g/mol. The van der Waals surface area contributed by atoms with Crippen LogP contribution in [0.3, 0.4) is 0 Å². The molecule has 25 heavy (non-hydrogen) atoms. The van der Waals surface area contributed by atoms with Gasteiger partial charge in [-0.2, -0.15) is 0 Å². The Morgan fingerprint density at radius 3 is 2.16 bits per heavy atom. The molecule has 2 aromatic carbocycles. The van der Waals surface area contributed by atoms with E-state index in [0.717, 1.165) is 10.0 Å². The highest BCUT2D eigenvalue weighted by atomic mass is 79.9. The van der Waals surface area contributed by atoms with E-state index in [2.05, 4.69) is 15.9 Å². The molecule has 8 heteroatoms. The van der Waals surface area contributed by atoms with E-state index in [1.165, 1.54) is 4.90 Å². The molecule has 0 spiro atoms. The molecule has 0 aliphatic heterocycles. The van der Waals surface area contributed by atoms with Crippen molar-refractivity contribution >= 4 is 54.9 Å². The maximum absolute atomic E-state index is 12.3. The van der Waals surface area contributed by atoms with Crippen LogP contribution in [-0.4, -0.2) is 32.0 Å². The van der Waals surface area contributed by atoms with E-state index in [1.54, 1.807) is 49.5 Å². The number of carbonyl (C=O) groups is 1. The van der Waals surface area contributed by atoms with Crippen molar-refractivity contribution in [1.82, 2.24) is 4.90 Å². The lowest BCUT2D eigenvalue weighted by atomic mass is 10.2. The van der Waals surface area contributed by atoms with Crippen molar-refractivity contribution < 1.29 is 13.2 Å². The van der Waals surface area contributed by atoms with E-state index < -0.39 is 21.5 Å². The minimum Gasteiger partial charge on any atom is -0.341 e. The molecule has 2 aromatic rings. The third-order valence-corrected chi connectivity index (χ3v) is 5.84. The summed E-state index contributed by atoms with van der Waals surface area (Å²) in [5.74, 6) is -1.20. The first kappa shape index (κ1) is 20.2. The number of rotatable bonds is 6. The van der Waals surface area contributed by atoms with Gasteiger partial charge in [0.15, 0.2) is 9.84 Å². The fourth-order valence-corrected chi connectivity index (χ4v) is 4.48. The van der Waals surface area contributed by atoms with Crippen LogP contribution in [0.25, 0.3) is 0 Å². The van der Waals surface area contributed by atoms with Gasteiger partial charge in [0.05, 0.1) is 5.75 Å². The molecule has 0 heterocycles. The number of hydrogen-bond acceptors (Lipinski definition) is 3. The molecule has 0 aromatic heterocycles. The van der Waals surface area contributed by atoms with Crippen LogP contribution in [0, 0.1) is 0 Å². The lowest BCUT2D eigenvalue weighted by Gasteiger charge is -2.18. The second kappa shape index (κ2) is 8.54. The molecule has 0 aliphatic rings. The van der Waals surface area contributed by atoms with Gasteiger partial charge in [-0.25, -0.2) is 8.42 Å². The van der Waals surface area contributed by atoms with Gasteiger partial charge >= 0.3 is 0 Å². The van der Waals surface area contributed by atoms with Crippen LogP contribution in [0.2, 0.25) is 10.0 Å². The predicted molar refractivity (Wildman–Crippen MR) is 105 cm³/mol. The summed E-state index contributed by atoms with van der Waals surface area (Å²) in [6.45, 7) is 0.229. The number of carbonyl (C=O) groups excluding carboxylic acids is 1. The molecule has 0 radical (unpaired) electrons. The summed E-state index contributed by atoms with van der Waals surface area (Å²) in [6, 6.07) is 11.9. The van der Waals surface area contributed by atoms with Crippen LogP contribution < -0.4 is 0 Å². The van der Waals surface area contributed by atoms with E-state index in [4.69, 9.17) is 23.2 Å². The highest BCUT2D eigenvalue weighted by Gasteiger charge is 2.20. The number of sulfone groups is 1. The van der Waals surface area contributed by atoms with E-state index in [9.17, 15) is 13.2 Å². The number of amides is 1. The summed E-state index contributed by atoms with van der Waals surface area (Å²) in [5, 5.41) is 0.928. The summed E-state index contributed by atoms with van der Waals surface area (Å²) < 4.78 is 25.4. The Kier molecular flexibility index (Phi) is 6.91. The van der Waals surface area contributed by atoms with E-state index >= 15 is 0 Å². The van der Waals surface area contributed by atoms with E-state index in [0.29, 0.717) is 15.6 Å². The van der Waals surface area contributed by atoms with Crippen molar-refractivity contribution in [3.63, 3.8) is 0 Å². The smallest absolute Gasteiger partial charge is 0.237 e. The van der Waals surface area contributed by atoms with Crippen molar-refractivity contribution in [1.29, 1.82) is 0 Å². The highest BCUT2D eigenvalue weighted by Crippen LogP contribution is 2.20. The minimum absolute atomic E-state index is 0.178. The summed E-state index contributed by atoms with van der Waals surface area (Å²) in [5.41, 5.74) is 1.37. The minimum atomic E-state index is -3.56. The second-order valence-electron chi connectivity index (χ2n) is 5.69. The molecule has 0 aliphatic carbocycles. The van der Waals surface area contributed by atoms with E-state index in [1.807, 2.05) is 0 Å². The van der Waals surface area contributed by atoms with Crippen molar-refractivity contribution in [3.8, 4) is 0 Å². The Labute approximate surface area is 165 Å². The van der Waals surface area contributed by atoms with Gasteiger partial charge in [0.1, 0.15) is 5.75 Å². The molecule has 4 nitrogen and oxygen atoms in total. The van der Waals surface area contributed by atoms with Gasteiger partial charge in [0, 0.05) is 28.1 Å². The quantitative estimate of drug-likeness (QED) is 0.639. The normalized spacial score (nSPS) is 11.4. The Morgan fingerprint density at radius 2 is 1.60 bits per heavy atom. The standard InChI is InChI=1S/C17H16BrCl2NO3S/c1-21(9-13-6-15(19)8-16(20)7-13)17(22)11-25(23,24)10-12-2-4-14(18)5-3-12/h2-8H,9-11H2,1H3. The van der Waals surface area contributed by atoms with Gasteiger partial charge < -0.3 is 4.90 Å². The molecule has 0 saturated carbocycles. The Bertz CT molecular complexity index is 850. The lowest BCUT2D eigenvalue weighted by molar-refractivity contribution is -0.127. The maximum atomic E-state index is 12.3. The van der Waals surface area contributed by atoms with Gasteiger partial charge in [-0.05, 0) is 41.5 Å². The van der Waals surface area contributed by atoms with Crippen molar-refractivity contribution in [2.75, 3.05) is 12.8 Å². The molecule has 134 valence electrons. The summed E-state index contributed by atoms with van der Waals surface area (Å²) in [6.07, 6.45) is 0. The first-order valence-corrected chi connectivity index (χ1v) is 10.7. The van der Waals surface area contributed by atoms with E-state index in [-0.39, 0.29) is 12.3 Å². The molecule has 0 saturated heterocycles. The predicted octanol–water partition coefficient (Wildman–Crippen LogP) is 4.33. The zero-order chi connectivity index (χ0) is 18.6. The van der Waals surface area contributed by atoms with Crippen molar-refractivity contribution in [2.24, 2.45) is 0 Å². The second-order valence-corrected chi connectivity index (χ2v) is 9.54. The number of nitrogens with zero attached hydrogens (tertiary/aromatic N) is 1. The van der Waals surface area contributed by atoms with Crippen LogP contribution >= 0.6 is 39.1 Å². The number of halogens is 3. The van der Waals surface area contributed by atoms with Crippen molar-refractivity contribution in [3.05, 3.63) is 68.1 Å². The monoisotopic (exact) mass is 463 g/mol. The Morgan fingerprint density at radius 1 is 1.04 bits per heavy atom. The maximum Gasteiger partial charge on any atom is 0.237 e. The zero-order valence-electron chi connectivity index (χ0n) is 13.4. The highest BCUT2D eigenvalue weighted by molar-refractivity contribution is 9.10. The van der Waals surface area contributed by atoms with Gasteiger partial charge in [-0.3, -0.25) is 4.79 Å². The van der Waals surface area contributed by atoms with Crippen LogP contribution in [0.15, 0.2) is 46.9 Å². The van der Waals surface area contributed by atoms with Gasteiger partial charge in [-0.1, -0.05) is 51.3 Å². The average molecular weight is 465 g/mol. The molecular formula is C17H16BrCl2NO3S. The molecule has 2 rings (SSSR count). The zero-order valence-corrected chi connectivity index (χ0v) is 17.3. The molecule has 0 N–H and O–H groups in total. The molecule has 0 bridgehead atoms. The largest absolute Gasteiger partial charge is 0.341 e. The molecule has 1 amide bonds. The summed E-state index contributed by atoms with van der Waals surface area (Å²) >= 11 is 15.2. The third kappa shape index (κ3) is 6.62. The third-order valence-electron chi connectivity index (χ3n) is 3.41. The molecule has 0 unspecified atom stereocenters.